The van der Waals surface area contributed by atoms with Crippen LogP contribution in [0, 0.1) is 0 Å². The van der Waals surface area contributed by atoms with E-state index in [2.05, 4.69) is 38.0 Å². The first-order valence-corrected chi connectivity index (χ1v) is 5.61. The first-order chi connectivity index (χ1) is 6.40. The monoisotopic (exact) mass is 271 g/mol. The highest BCUT2D eigenvalue weighted by molar-refractivity contribution is 5.85. The lowest BCUT2D eigenvalue weighted by Gasteiger charge is -2.53. The van der Waals surface area contributed by atoms with Crippen LogP contribution in [0.25, 0.3) is 0 Å². The highest BCUT2D eigenvalue weighted by Gasteiger charge is 2.40. The second kappa shape index (κ2) is 7.02. The van der Waals surface area contributed by atoms with Gasteiger partial charge in [-0.3, -0.25) is 16.2 Å². The number of hydrogen-bond acceptors (Lipinski definition) is 3. The van der Waals surface area contributed by atoms with Crippen LogP contribution in [0.1, 0.15) is 47.0 Å². The Morgan fingerprint density at radius 2 is 1.50 bits per heavy atom. The molecule has 1 fully saturated rings. The SMILES string of the molecule is CC1(C)CCCC(C)(C)N1CCNN.Cl.Cl. The number of rotatable bonds is 3. The summed E-state index contributed by atoms with van der Waals surface area (Å²) < 4.78 is 0. The van der Waals surface area contributed by atoms with E-state index in [9.17, 15) is 0 Å². The molecule has 1 aliphatic rings. The lowest BCUT2D eigenvalue weighted by atomic mass is 9.80. The van der Waals surface area contributed by atoms with Crippen molar-refractivity contribution in [3.8, 4) is 0 Å². The zero-order chi connectivity index (χ0) is 10.8. The second-order valence-corrected chi connectivity index (χ2v) is 5.58. The van der Waals surface area contributed by atoms with E-state index < -0.39 is 0 Å². The van der Waals surface area contributed by atoms with Gasteiger partial charge in [-0.05, 0) is 47.0 Å². The molecular weight excluding hydrogens is 245 g/mol. The zero-order valence-corrected chi connectivity index (χ0v) is 12.5. The molecule has 5 heteroatoms. The topological polar surface area (TPSA) is 41.3 Å². The van der Waals surface area contributed by atoms with E-state index >= 15 is 0 Å². The van der Waals surface area contributed by atoms with E-state index in [0.717, 1.165) is 13.1 Å². The molecule has 1 aliphatic heterocycles. The molecule has 0 bridgehead atoms. The Balaban J connectivity index is 0. The fraction of sp³-hybridized carbons (Fsp3) is 1.00. The standard InChI is InChI=1S/C11H25N3.2ClH/c1-10(2)6-5-7-11(3,4)14(10)9-8-13-12;;/h13H,5-9,12H2,1-4H3;2*1H. The van der Waals surface area contributed by atoms with Crippen LogP contribution in [0.4, 0.5) is 0 Å². The van der Waals surface area contributed by atoms with E-state index in [1.165, 1.54) is 19.3 Å². The molecule has 0 aromatic rings. The van der Waals surface area contributed by atoms with Gasteiger partial charge in [0, 0.05) is 24.2 Å². The van der Waals surface area contributed by atoms with Gasteiger partial charge in [-0.2, -0.15) is 0 Å². The van der Waals surface area contributed by atoms with Crippen LogP contribution >= 0.6 is 24.8 Å². The van der Waals surface area contributed by atoms with Crippen molar-refractivity contribution in [2.75, 3.05) is 13.1 Å². The first-order valence-electron chi connectivity index (χ1n) is 5.61. The molecule has 1 rings (SSSR count). The van der Waals surface area contributed by atoms with Gasteiger partial charge in [-0.1, -0.05) is 0 Å². The number of hydrogen-bond donors (Lipinski definition) is 2. The molecule has 0 amide bonds. The molecule has 0 saturated carbocycles. The Labute approximate surface area is 112 Å². The third-order valence-corrected chi connectivity index (χ3v) is 3.52. The Bertz CT molecular complexity index is 180. The fourth-order valence-electron chi connectivity index (χ4n) is 2.82. The molecule has 0 atom stereocenters. The largest absolute Gasteiger partial charge is 0.292 e. The van der Waals surface area contributed by atoms with E-state index in [4.69, 9.17) is 5.84 Å². The average molecular weight is 272 g/mol. The average Bonchev–Trinajstić information content (AvgIpc) is 2.01. The fourth-order valence-corrected chi connectivity index (χ4v) is 2.82. The van der Waals surface area contributed by atoms with Crippen LogP contribution in [-0.2, 0) is 0 Å². The van der Waals surface area contributed by atoms with Crippen LogP contribution in [-0.4, -0.2) is 29.1 Å². The smallest absolute Gasteiger partial charge is 0.0226 e. The van der Waals surface area contributed by atoms with Crippen LogP contribution in [0.3, 0.4) is 0 Å². The third-order valence-electron chi connectivity index (χ3n) is 3.52. The van der Waals surface area contributed by atoms with Gasteiger partial charge in [0.1, 0.15) is 0 Å². The first kappa shape index (κ1) is 18.8. The Kier molecular flexibility index (Phi) is 8.25. The van der Waals surface area contributed by atoms with Crippen molar-refractivity contribution in [1.82, 2.24) is 10.3 Å². The molecule has 1 heterocycles. The molecule has 16 heavy (non-hydrogen) atoms. The zero-order valence-electron chi connectivity index (χ0n) is 10.9. The minimum absolute atomic E-state index is 0. The number of nitrogens with one attached hydrogen (secondary N) is 1. The molecule has 3 nitrogen and oxygen atoms in total. The van der Waals surface area contributed by atoms with Gasteiger partial charge >= 0.3 is 0 Å². The van der Waals surface area contributed by atoms with Gasteiger partial charge < -0.3 is 0 Å². The molecule has 0 radical (unpaired) electrons. The van der Waals surface area contributed by atoms with Gasteiger partial charge in [-0.25, -0.2) is 0 Å². The lowest BCUT2D eigenvalue weighted by molar-refractivity contribution is -0.0252. The number of nitrogens with two attached hydrogens (primary N) is 1. The summed E-state index contributed by atoms with van der Waals surface area (Å²) >= 11 is 0. The summed E-state index contributed by atoms with van der Waals surface area (Å²) in [4.78, 5) is 2.59. The van der Waals surface area contributed by atoms with Gasteiger partial charge in [0.15, 0.2) is 0 Å². The summed E-state index contributed by atoms with van der Waals surface area (Å²) in [6, 6.07) is 0. The van der Waals surface area contributed by atoms with Crippen molar-refractivity contribution in [3.63, 3.8) is 0 Å². The number of hydrazine groups is 1. The number of nitrogens with zero attached hydrogens (tertiary/aromatic N) is 1. The van der Waals surface area contributed by atoms with Crippen LogP contribution < -0.4 is 11.3 Å². The Morgan fingerprint density at radius 1 is 1.06 bits per heavy atom. The predicted molar refractivity (Wildman–Crippen MR) is 75.4 cm³/mol. The Morgan fingerprint density at radius 3 is 1.88 bits per heavy atom. The highest BCUT2D eigenvalue weighted by Crippen LogP contribution is 2.37. The molecule has 1 saturated heterocycles. The molecule has 0 aliphatic carbocycles. The molecule has 3 N–H and O–H groups in total. The number of halogens is 2. The molecule has 0 aromatic carbocycles. The van der Waals surface area contributed by atoms with Crippen molar-refractivity contribution < 1.29 is 0 Å². The minimum Gasteiger partial charge on any atom is -0.292 e. The summed E-state index contributed by atoms with van der Waals surface area (Å²) in [5.74, 6) is 5.35. The van der Waals surface area contributed by atoms with Gasteiger partial charge in [0.25, 0.3) is 0 Å². The van der Waals surface area contributed by atoms with Crippen molar-refractivity contribution in [2.24, 2.45) is 5.84 Å². The van der Waals surface area contributed by atoms with Gasteiger partial charge in [0.05, 0.1) is 0 Å². The number of piperidine rings is 1. The van der Waals surface area contributed by atoms with E-state index in [1.807, 2.05) is 0 Å². The lowest BCUT2D eigenvalue weighted by Crippen LogP contribution is -2.60. The van der Waals surface area contributed by atoms with Crippen molar-refractivity contribution in [2.45, 2.75) is 58.0 Å². The van der Waals surface area contributed by atoms with E-state index in [1.54, 1.807) is 0 Å². The van der Waals surface area contributed by atoms with Gasteiger partial charge in [0.2, 0.25) is 0 Å². The van der Waals surface area contributed by atoms with Crippen molar-refractivity contribution in [3.05, 3.63) is 0 Å². The summed E-state index contributed by atoms with van der Waals surface area (Å²) in [6.45, 7) is 11.3. The van der Waals surface area contributed by atoms with Crippen LogP contribution in [0.15, 0.2) is 0 Å². The molecule has 0 spiro atoms. The molecule has 0 aromatic heterocycles. The number of likely N-dealkylation sites (tertiary alicyclic amines) is 1. The van der Waals surface area contributed by atoms with Crippen LogP contribution in [0.2, 0.25) is 0 Å². The highest BCUT2D eigenvalue weighted by atomic mass is 35.5. The maximum absolute atomic E-state index is 5.35. The van der Waals surface area contributed by atoms with Crippen molar-refractivity contribution in [1.29, 1.82) is 0 Å². The van der Waals surface area contributed by atoms with Gasteiger partial charge in [-0.15, -0.1) is 24.8 Å². The minimum atomic E-state index is 0. The maximum Gasteiger partial charge on any atom is 0.0226 e. The van der Waals surface area contributed by atoms with Crippen LogP contribution in [0.5, 0.6) is 0 Å². The molecular formula is C11H27Cl2N3. The second-order valence-electron chi connectivity index (χ2n) is 5.58. The van der Waals surface area contributed by atoms with E-state index in [0.29, 0.717) is 11.1 Å². The normalized spacial score (nSPS) is 23.1. The molecule has 100 valence electrons. The summed E-state index contributed by atoms with van der Waals surface area (Å²) in [6.07, 6.45) is 3.93. The third kappa shape index (κ3) is 4.38. The maximum atomic E-state index is 5.35. The van der Waals surface area contributed by atoms with Crippen molar-refractivity contribution >= 4 is 24.8 Å². The van der Waals surface area contributed by atoms with E-state index in [-0.39, 0.29) is 24.8 Å². The molecule has 0 unspecified atom stereocenters. The summed E-state index contributed by atoms with van der Waals surface area (Å²) in [7, 11) is 0. The summed E-state index contributed by atoms with van der Waals surface area (Å²) in [5, 5.41) is 0. The quantitative estimate of drug-likeness (QED) is 0.612. The summed E-state index contributed by atoms with van der Waals surface area (Å²) in [5.41, 5.74) is 3.38. The predicted octanol–water partition coefficient (Wildman–Crippen LogP) is 2.34. The Hall–Kier alpha value is 0.460.